The summed E-state index contributed by atoms with van der Waals surface area (Å²) < 4.78 is 10.6. The normalized spacial score (nSPS) is 18.0. The fourth-order valence-corrected chi connectivity index (χ4v) is 4.26. The Morgan fingerprint density at radius 2 is 2.13 bits per heavy atom. The number of methoxy groups -OCH3 is 1. The maximum absolute atomic E-state index is 13.0. The highest BCUT2D eigenvalue weighted by Crippen LogP contribution is 2.37. The second kappa shape index (κ2) is 8.13. The van der Waals surface area contributed by atoms with Crippen molar-refractivity contribution in [2.24, 2.45) is 0 Å². The number of aliphatic hydroxyl groups is 1. The molecule has 4 rings (SSSR count). The zero-order valence-corrected chi connectivity index (χ0v) is 17.6. The van der Waals surface area contributed by atoms with Crippen LogP contribution in [0.3, 0.4) is 0 Å². The molecule has 0 saturated heterocycles. The van der Waals surface area contributed by atoms with Gasteiger partial charge in [-0.15, -0.1) is 0 Å². The minimum absolute atomic E-state index is 0.0811. The molecule has 156 valence electrons. The summed E-state index contributed by atoms with van der Waals surface area (Å²) in [6.45, 7) is 1.76. The quantitative estimate of drug-likeness (QED) is 0.636. The van der Waals surface area contributed by atoms with Crippen molar-refractivity contribution in [1.29, 1.82) is 0 Å². The summed E-state index contributed by atoms with van der Waals surface area (Å²) in [4.78, 5) is 13.0. The predicted octanol–water partition coefficient (Wildman–Crippen LogP) is 4.27. The molecule has 0 bridgehead atoms. The number of carbonyl (C=O) groups excluding carboxylic acids is 1. The first-order chi connectivity index (χ1) is 14.4. The summed E-state index contributed by atoms with van der Waals surface area (Å²) in [6.07, 6.45) is 2.25. The molecule has 1 atom stereocenters. The van der Waals surface area contributed by atoms with E-state index in [-0.39, 0.29) is 12.5 Å². The van der Waals surface area contributed by atoms with Crippen LogP contribution in [-0.4, -0.2) is 29.8 Å². The number of nitrogens with one attached hydrogen (secondary N) is 1. The molecule has 1 aromatic heterocycles. The number of carbonyl (C=O) groups is 1. The van der Waals surface area contributed by atoms with Crippen molar-refractivity contribution < 1.29 is 19.2 Å². The van der Waals surface area contributed by atoms with Crippen LogP contribution < -0.4 is 10.1 Å². The van der Waals surface area contributed by atoms with E-state index < -0.39 is 5.60 Å². The Kier molecular flexibility index (Phi) is 5.54. The zero-order chi connectivity index (χ0) is 21.3. The van der Waals surface area contributed by atoms with E-state index in [0.717, 1.165) is 29.7 Å². The van der Waals surface area contributed by atoms with Gasteiger partial charge in [0.25, 0.3) is 5.91 Å². The number of aromatic nitrogens is 1. The van der Waals surface area contributed by atoms with Gasteiger partial charge < -0.3 is 19.7 Å². The molecule has 30 heavy (non-hydrogen) atoms. The molecule has 0 saturated carbocycles. The molecule has 0 radical (unpaired) electrons. The number of aryl methyl sites for hydroxylation is 2. The summed E-state index contributed by atoms with van der Waals surface area (Å²) in [6, 6.07) is 12.8. The Balaban J connectivity index is 1.59. The first kappa shape index (κ1) is 20.4. The highest BCUT2D eigenvalue weighted by molar-refractivity contribution is 6.33. The molecule has 1 heterocycles. The van der Waals surface area contributed by atoms with E-state index in [1.54, 1.807) is 26.2 Å². The molecule has 1 unspecified atom stereocenters. The fraction of sp³-hybridized carbons (Fsp3) is 0.304. The van der Waals surface area contributed by atoms with Gasteiger partial charge in [0.15, 0.2) is 0 Å². The van der Waals surface area contributed by atoms with Gasteiger partial charge in [-0.25, -0.2) is 0 Å². The second-order valence-corrected chi connectivity index (χ2v) is 7.94. The Bertz CT molecular complexity index is 1090. The summed E-state index contributed by atoms with van der Waals surface area (Å²) in [5.74, 6) is 0.785. The number of halogens is 1. The maximum Gasteiger partial charge on any atom is 0.257 e. The Hall–Kier alpha value is -2.83. The van der Waals surface area contributed by atoms with Crippen LogP contribution >= 0.6 is 11.6 Å². The SMILES string of the molecule is COc1ccc2c(c1)CCCC2(O)CNC(=O)c1c(-c2ccccc2Cl)noc1C. The average molecular weight is 427 g/mol. The average Bonchev–Trinajstić information content (AvgIpc) is 3.13. The molecule has 0 spiro atoms. The van der Waals surface area contributed by atoms with Gasteiger partial charge in [0.2, 0.25) is 0 Å². The minimum Gasteiger partial charge on any atom is -0.497 e. The van der Waals surface area contributed by atoms with Crippen LogP contribution in [-0.2, 0) is 12.0 Å². The number of fused-ring (bicyclic) bond motifs is 1. The molecule has 2 aromatic carbocycles. The summed E-state index contributed by atoms with van der Waals surface area (Å²) in [7, 11) is 1.62. The van der Waals surface area contributed by atoms with Gasteiger partial charge in [-0.2, -0.15) is 0 Å². The monoisotopic (exact) mass is 426 g/mol. The molecule has 0 aliphatic heterocycles. The van der Waals surface area contributed by atoms with Gasteiger partial charge in [-0.3, -0.25) is 4.79 Å². The van der Waals surface area contributed by atoms with Gasteiger partial charge in [0.1, 0.15) is 28.4 Å². The predicted molar refractivity (Wildman–Crippen MR) is 114 cm³/mol. The number of ether oxygens (including phenoxy) is 1. The third kappa shape index (κ3) is 3.68. The fourth-order valence-electron chi connectivity index (χ4n) is 4.04. The first-order valence-corrected chi connectivity index (χ1v) is 10.2. The Morgan fingerprint density at radius 1 is 1.33 bits per heavy atom. The van der Waals surface area contributed by atoms with Crippen molar-refractivity contribution in [2.45, 2.75) is 31.8 Å². The van der Waals surface area contributed by atoms with Crippen LogP contribution in [0.15, 0.2) is 47.0 Å². The van der Waals surface area contributed by atoms with Crippen molar-refractivity contribution >= 4 is 17.5 Å². The highest BCUT2D eigenvalue weighted by Gasteiger charge is 2.35. The van der Waals surface area contributed by atoms with Gasteiger partial charge >= 0.3 is 0 Å². The van der Waals surface area contributed by atoms with E-state index in [9.17, 15) is 9.90 Å². The minimum atomic E-state index is -1.15. The van der Waals surface area contributed by atoms with E-state index in [4.69, 9.17) is 20.9 Å². The zero-order valence-electron chi connectivity index (χ0n) is 16.9. The van der Waals surface area contributed by atoms with E-state index >= 15 is 0 Å². The smallest absolute Gasteiger partial charge is 0.257 e. The van der Waals surface area contributed by atoms with E-state index in [0.29, 0.717) is 34.0 Å². The Morgan fingerprint density at radius 3 is 2.90 bits per heavy atom. The van der Waals surface area contributed by atoms with Gasteiger partial charge in [0, 0.05) is 5.56 Å². The lowest BCUT2D eigenvalue weighted by molar-refractivity contribution is 0.0188. The van der Waals surface area contributed by atoms with Crippen molar-refractivity contribution in [3.8, 4) is 17.0 Å². The van der Waals surface area contributed by atoms with Crippen LogP contribution in [0.1, 0.15) is 40.1 Å². The second-order valence-electron chi connectivity index (χ2n) is 7.53. The summed E-state index contributed by atoms with van der Waals surface area (Å²) in [5, 5.41) is 18.7. The molecule has 0 fully saturated rings. The van der Waals surface area contributed by atoms with Gasteiger partial charge in [0.05, 0.1) is 18.7 Å². The van der Waals surface area contributed by atoms with Crippen LogP contribution in [0.25, 0.3) is 11.3 Å². The molecular weight excluding hydrogens is 404 g/mol. The van der Waals surface area contributed by atoms with Crippen LogP contribution in [0.5, 0.6) is 5.75 Å². The van der Waals surface area contributed by atoms with E-state index in [1.807, 2.05) is 30.3 Å². The molecule has 3 aromatic rings. The third-order valence-corrected chi connectivity index (χ3v) is 5.94. The summed E-state index contributed by atoms with van der Waals surface area (Å²) in [5.41, 5.74) is 2.04. The van der Waals surface area contributed by atoms with Gasteiger partial charge in [-0.05, 0) is 55.5 Å². The molecule has 1 aliphatic rings. The Labute approximate surface area is 179 Å². The van der Waals surface area contributed by atoms with Crippen LogP contribution in [0, 0.1) is 6.92 Å². The van der Waals surface area contributed by atoms with E-state index in [2.05, 4.69) is 10.5 Å². The van der Waals surface area contributed by atoms with Crippen molar-refractivity contribution in [1.82, 2.24) is 10.5 Å². The molecular formula is C23H23ClN2O4. The lowest BCUT2D eigenvalue weighted by Gasteiger charge is -2.35. The molecule has 7 heteroatoms. The van der Waals surface area contributed by atoms with Gasteiger partial charge in [-0.1, -0.05) is 41.0 Å². The standard InChI is InChI=1S/C23H23ClN2O4/c1-14-20(21(26-30-14)17-7-3-4-8-19(17)24)22(27)25-13-23(28)11-5-6-15-12-16(29-2)9-10-18(15)23/h3-4,7-10,12,28H,5-6,11,13H2,1-2H3,(H,25,27). The number of hydrogen-bond acceptors (Lipinski definition) is 5. The molecule has 2 N–H and O–H groups in total. The van der Waals surface area contributed by atoms with Crippen molar-refractivity contribution in [2.75, 3.05) is 13.7 Å². The largest absolute Gasteiger partial charge is 0.497 e. The van der Waals surface area contributed by atoms with E-state index in [1.165, 1.54) is 0 Å². The molecule has 1 amide bonds. The lowest BCUT2D eigenvalue weighted by atomic mass is 9.79. The molecule has 6 nitrogen and oxygen atoms in total. The topological polar surface area (TPSA) is 84.6 Å². The number of amides is 1. The van der Waals surface area contributed by atoms with Crippen molar-refractivity contribution in [3.05, 3.63) is 69.9 Å². The highest BCUT2D eigenvalue weighted by atomic mass is 35.5. The van der Waals surface area contributed by atoms with Crippen LogP contribution in [0.2, 0.25) is 5.02 Å². The van der Waals surface area contributed by atoms with Crippen molar-refractivity contribution in [3.63, 3.8) is 0 Å². The van der Waals surface area contributed by atoms with Crippen LogP contribution in [0.4, 0.5) is 0 Å². The number of hydrogen-bond donors (Lipinski definition) is 2. The summed E-state index contributed by atoms with van der Waals surface area (Å²) >= 11 is 6.28. The number of benzene rings is 2. The number of nitrogens with zero attached hydrogens (tertiary/aromatic N) is 1. The third-order valence-electron chi connectivity index (χ3n) is 5.61. The lowest BCUT2D eigenvalue weighted by Crippen LogP contribution is -2.43. The molecule has 1 aliphatic carbocycles. The number of rotatable bonds is 5. The first-order valence-electron chi connectivity index (χ1n) is 9.82. The maximum atomic E-state index is 13.0.